The lowest BCUT2D eigenvalue weighted by atomic mass is 10.2. The van der Waals surface area contributed by atoms with Gasteiger partial charge in [-0.15, -0.1) is 0 Å². The van der Waals surface area contributed by atoms with Gasteiger partial charge in [0.25, 0.3) is 0 Å². The van der Waals surface area contributed by atoms with E-state index in [9.17, 15) is 9.59 Å². The molecule has 0 aliphatic heterocycles. The van der Waals surface area contributed by atoms with Crippen molar-refractivity contribution >= 4 is 22.1 Å². The van der Waals surface area contributed by atoms with Gasteiger partial charge in [-0.3, -0.25) is 9.59 Å². The number of aromatic amines is 2. The normalized spacial score (nSPS) is 11.0. The quantitative estimate of drug-likeness (QED) is 0.541. The van der Waals surface area contributed by atoms with Gasteiger partial charge >= 0.3 is 0 Å². The smallest absolute Gasteiger partial charge is 0.249 e. The average Bonchev–Trinajstić information content (AvgIpc) is 2.29. The van der Waals surface area contributed by atoms with Crippen molar-refractivity contribution in [1.29, 1.82) is 0 Å². The number of hydrogen-bond donors (Lipinski definition) is 2. The van der Waals surface area contributed by atoms with Crippen LogP contribution in [0.2, 0.25) is 0 Å². The molecule has 0 amide bonds. The van der Waals surface area contributed by atoms with Crippen LogP contribution in [0.15, 0.2) is 40.1 Å². The summed E-state index contributed by atoms with van der Waals surface area (Å²) in [6.07, 6.45) is 1.59. The molecule has 0 aliphatic rings. The first-order valence-corrected chi connectivity index (χ1v) is 4.76. The van der Waals surface area contributed by atoms with Crippen molar-refractivity contribution in [2.24, 2.45) is 0 Å². The van der Waals surface area contributed by atoms with E-state index in [1.54, 1.807) is 18.3 Å². The van der Waals surface area contributed by atoms with Crippen LogP contribution in [0.4, 0.5) is 0 Å². The Bertz CT molecular complexity index is 801. The van der Waals surface area contributed by atoms with Crippen molar-refractivity contribution < 1.29 is 0 Å². The zero-order valence-electron chi connectivity index (χ0n) is 8.15. The molecule has 3 rings (SSSR count). The summed E-state index contributed by atoms with van der Waals surface area (Å²) in [4.78, 5) is 32.7. The fraction of sp³-hybridized carbons (Fsp3) is 0. The predicted molar refractivity (Wildman–Crippen MR) is 60.5 cm³/mol. The molecule has 3 aromatic heterocycles. The molecule has 2 N–H and O–H groups in total. The number of nitrogens with zero attached hydrogens (tertiary/aromatic N) is 1. The van der Waals surface area contributed by atoms with Gasteiger partial charge in [0, 0.05) is 12.3 Å². The van der Waals surface area contributed by atoms with Crippen molar-refractivity contribution in [3.63, 3.8) is 0 Å². The molecule has 0 radical (unpaired) electrons. The molecule has 16 heavy (non-hydrogen) atoms. The SMILES string of the molecule is O=c1ccc2c(=O)c3cccnc3[nH]c2[nH]1. The highest BCUT2D eigenvalue weighted by atomic mass is 16.1. The minimum Gasteiger partial charge on any atom is -0.325 e. The second kappa shape index (κ2) is 3.03. The molecule has 0 aromatic carbocycles. The van der Waals surface area contributed by atoms with E-state index in [1.807, 2.05) is 0 Å². The van der Waals surface area contributed by atoms with Crippen LogP contribution in [0.5, 0.6) is 0 Å². The zero-order chi connectivity index (χ0) is 11.1. The average molecular weight is 213 g/mol. The molecule has 0 unspecified atom stereocenters. The number of fused-ring (bicyclic) bond motifs is 2. The van der Waals surface area contributed by atoms with Gasteiger partial charge < -0.3 is 9.97 Å². The molecule has 0 saturated heterocycles. The minimum atomic E-state index is -0.251. The highest BCUT2D eigenvalue weighted by molar-refractivity contribution is 5.88. The Morgan fingerprint density at radius 2 is 1.88 bits per heavy atom. The van der Waals surface area contributed by atoms with E-state index in [0.29, 0.717) is 22.1 Å². The number of hydrogen-bond acceptors (Lipinski definition) is 3. The summed E-state index contributed by atoms with van der Waals surface area (Å²) in [6, 6.07) is 6.25. The molecule has 0 saturated carbocycles. The fourth-order valence-electron chi connectivity index (χ4n) is 1.71. The summed E-state index contributed by atoms with van der Waals surface area (Å²) in [5, 5.41) is 0.974. The Kier molecular flexibility index (Phi) is 1.67. The summed E-state index contributed by atoms with van der Waals surface area (Å²) < 4.78 is 0. The Labute approximate surface area is 88.8 Å². The number of H-pyrrole nitrogens is 2. The molecule has 0 fully saturated rings. The molecule has 0 aliphatic carbocycles. The molecule has 5 heteroatoms. The number of pyridine rings is 3. The summed E-state index contributed by atoms with van der Waals surface area (Å²) in [5.74, 6) is 0. The number of nitrogens with one attached hydrogen (secondary N) is 2. The maximum absolute atomic E-state index is 12.0. The molecule has 78 valence electrons. The molecule has 3 aromatic rings. The van der Waals surface area contributed by atoms with Gasteiger partial charge in [-0.05, 0) is 18.2 Å². The van der Waals surface area contributed by atoms with Gasteiger partial charge in [0.1, 0.15) is 11.3 Å². The summed E-state index contributed by atoms with van der Waals surface area (Å²) in [5.41, 5.74) is 0.497. The maximum atomic E-state index is 12.0. The highest BCUT2D eigenvalue weighted by Crippen LogP contribution is 2.08. The van der Waals surface area contributed by atoms with Gasteiger partial charge in [0.15, 0.2) is 5.43 Å². The van der Waals surface area contributed by atoms with Gasteiger partial charge in [-0.1, -0.05) is 0 Å². The van der Waals surface area contributed by atoms with E-state index in [4.69, 9.17) is 0 Å². The molecule has 0 atom stereocenters. The van der Waals surface area contributed by atoms with Gasteiger partial charge in [0.05, 0.1) is 10.8 Å². The van der Waals surface area contributed by atoms with E-state index in [-0.39, 0.29) is 11.0 Å². The number of aromatic nitrogens is 3. The third-order valence-corrected chi connectivity index (χ3v) is 2.46. The van der Waals surface area contributed by atoms with Crippen molar-refractivity contribution in [2.45, 2.75) is 0 Å². The molecular weight excluding hydrogens is 206 g/mol. The maximum Gasteiger partial charge on any atom is 0.249 e. The summed E-state index contributed by atoms with van der Waals surface area (Å²) >= 11 is 0. The fourth-order valence-corrected chi connectivity index (χ4v) is 1.71. The first-order chi connectivity index (χ1) is 7.75. The largest absolute Gasteiger partial charge is 0.325 e. The van der Waals surface area contributed by atoms with E-state index < -0.39 is 0 Å². The van der Waals surface area contributed by atoms with Crippen LogP contribution >= 0.6 is 0 Å². The summed E-state index contributed by atoms with van der Waals surface area (Å²) in [7, 11) is 0. The van der Waals surface area contributed by atoms with Gasteiger partial charge in [-0.2, -0.15) is 0 Å². The lowest BCUT2D eigenvalue weighted by Crippen LogP contribution is -2.11. The standard InChI is InChI=1S/C11H7N3O2/c15-8-4-3-7-9(16)6-2-1-5-12-10(6)14-11(7)13-8/h1-5H,(H2,12,13,14,15,16). The monoisotopic (exact) mass is 213 g/mol. The van der Waals surface area contributed by atoms with Crippen LogP contribution < -0.4 is 11.0 Å². The second-order valence-electron chi connectivity index (χ2n) is 3.46. The van der Waals surface area contributed by atoms with Crippen LogP contribution in [0.3, 0.4) is 0 Å². The lowest BCUT2D eigenvalue weighted by Gasteiger charge is -2.00. The predicted octanol–water partition coefficient (Wildman–Crippen LogP) is 0.765. The van der Waals surface area contributed by atoms with E-state index in [1.165, 1.54) is 12.1 Å². The van der Waals surface area contributed by atoms with Crippen LogP contribution in [-0.4, -0.2) is 15.0 Å². The topological polar surface area (TPSA) is 78.6 Å². The lowest BCUT2D eigenvalue weighted by molar-refractivity contribution is 1.22. The first-order valence-electron chi connectivity index (χ1n) is 4.76. The third kappa shape index (κ3) is 1.15. The Morgan fingerprint density at radius 3 is 2.75 bits per heavy atom. The summed E-state index contributed by atoms with van der Waals surface area (Å²) in [6.45, 7) is 0. The van der Waals surface area contributed by atoms with Crippen LogP contribution in [-0.2, 0) is 0 Å². The Balaban J connectivity index is 2.66. The zero-order valence-corrected chi connectivity index (χ0v) is 8.15. The minimum absolute atomic E-state index is 0.131. The van der Waals surface area contributed by atoms with E-state index in [2.05, 4.69) is 15.0 Å². The molecule has 0 bridgehead atoms. The second-order valence-corrected chi connectivity index (χ2v) is 3.46. The molecular formula is C11H7N3O2. The van der Waals surface area contributed by atoms with E-state index in [0.717, 1.165) is 0 Å². The van der Waals surface area contributed by atoms with Gasteiger partial charge in [-0.25, -0.2) is 4.98 Å². The van der Waals surface area contributed by atoms with Crippen LogP contribution in [0.25, 0.3) is 22.1 Å². The Morgan fingerprint density at radius 1 is 1.00 bits per heavy atom. The van der Waals surface area contributed by atoms with Crippen molar-refractivity contribution in [3.05, 3.63) is 51.0 Å². The first kappa shape index (κ1) is 8.84. The highest BCUT2D eigenvalue weighted by Gasteiger charge is 2.05. The van der Waals surface area contributed by atoms with Crippen molar-refractivity contribution in [3.8, 4) is 0 Å². The van der Waals surface area contributed by atoms with Crippen LogP contribution in [0, 0.1) is 0 Å². The molecule has 3 heterocycles. The third-order valence-electron chi connectivity index (χ3n) is 2.46. The van der Waals surface area contributed by atoms with E-state index >= 15 is 0 Å². The number of rotatable bonds is 0. The van der Waals surface area contributed by atoms with Crippen molar-refractivity contribution in [1.82, 2.24) is 15.0 Å². The van der Waals surface area contributed by atoms with Gasteiger partial charge in [0.2, 0.25) is 5.56 Å². The molecule has 5 nitrogen and oxygen atoms in total. The van der Waals surface area contributed by atoms with Crippen molar-refractivity contribution in [2.75, 3.05) is 0 Å². The van der Waals surface area contributed by atoms with Crippen LogP contribution in [0.1, 0.15) is 0 Å². The Hall–Kier alpha value is -2.43. The molecule has 0 spiro atoms.